The average molecular weight is 247 g/mol. The van der Waals surface area contributed by atoms with E-state index in [1.807, 2.05) is 0 Å². The Bertz CT molecular complexity index is 279. The van der Waals surface area contributed by atoms with Crippen LogP contribution in [0, 0.1) is 0 Å². The zero-order valence-electron chi connectivity index (χ0n) is 10.5. The Hall–Kier alpha value is -0.0900. The highest BCUT2D eigenvalue weighted by Gasteiger charge is 2.27. The van der Waals surface area contributed by atoms with Crippen LogP contribution in [0.15, 0.2) is 0 Å². The van der Waals surface area contributed by atoms with Crippen LogP contribution in [0.1, 0.15) is 52.4 Å². The second kappa shape index (κ2) is 6.60. The summed E-state index contributed by atoms with van der Waals surface area (Å²) >= 11 is 0. The van der Waals surface area contributed by atoms with E-state index >= 15 is 0 Å². The minimum Gasteiger partial charge on any atom is -0.315 e. The topological polar surface area (TPSA) is 46.2 Å². The lowest BCUT2D eigenvalue weighted by atomic mass is 10.3. The SMILES string of the molecule is CC(C)NCCCCS(=O)(=O)C1CCCC1. The third kappa shape index (κ3) is 4.83. The van der Waals surface area contributed by atoms with Gasteiger partial charge >= 0.3 is 0 Å². The van der Waals surface area contributed by atoms with Gasteiger partial charge in [-0.25, -0.2) is 8.42 Å². The van der Waals surface area contributed by atoms with Crippen LogP contribution in [0.4, 0.5) is 0 Å². The number of nitrogens with one attached hydrogen (secondary N) is 1. The molecule has 0 amide bonds. The van der Waals surface area contributed by atoms with E-state index in [1.165, 1.54) is 0 Å². The van der Waals surface area contributed by atoms with Crippen LogP contribution in [0.25, 0.3) is 0 Å². The maximum Gasteiger partial charge on any atom is 0.153 e. The largest absolute Gasteiger partial charge is 0.315 e. The third-order valence-corrected chi connectivity index (χ3v) is 5.56. The first-order valence-corrected chi connectivity index (χ1v) is 8.19. The van der Waals surface area contributed by atoms with Crippen LogP contribution < -0.4 is 5.32 Å². The molecule has 1 aliphatic carbocycles. The first-order chi connectivity index (χ1) is 7.52. The van der Waals surface area contributed by atoms with E-state index in [-0.39, 0.29) is 5.25 Å². The van der Waals surface area contributed by atoms with Crippen LogP contribution in [-0.2, 0) is 9.84 Å². The molecule has 1 saturated carbocycles. The molecule has 1 rings (SSSR count). The van der Waals surface area contributed by atoms with E-state index in [9.17, 15) is 8.42 Å². The van der Waals surface area contributed by atoms with Crippen molar-refractivity contribution in [3.63, 3.8) is 0 Å². The molecule has 0 heterocycles. The number of rotatable bonds is 7. The first kappa shape index (κ1) is 14.0. The smallest absolute Gasteiger partial charge is 0.153 e. The van der Waals surface area contributed by atoms with Crippen molar-refractivity contribution >= 4 is 9.84 Å². The van der Waals surface area contributed by atoms with Crippen molar-refractivity contribution in [1.82, 2.24) is 5.32 Å². The summed E-state index contributed by atoms with van der Waals surface area (Å²) in [6.45, 7) is 5.14. The Morgan fingerprint density at radius 3 is 2.38 bits per heavy atom. The predicted molar refractivity (Wildman–Crippen MR) is 68.4 cm³/mol. The summed E-state index contributed by atoms with van der Waals surface area (Å²) in [5, 5.41) is 3.28. The predicted octanol–water partition coefficient (Wildman–Crippen LogP) is 2.12. The molecule has 0 radical (unpaired) electrons. The van der Waals surface area contributed by atoms with Crippen molar-refractivity contribution in [2.24, 2.45) is 0 Å². The molecule has 4 heteroatoms. The molecule has 1 aliphatic rings. The summed E-state index contributed by atoms with van der Waals surface area (Å²) in [4.78, 5) is 0. The van der Waals surface area contributed by atoms with Crippen LogP contribution in [-0.4, -0.2) is 32.0 Å². The van der Waals surface area contributed by atoms with Gasteiger partial charge in [0, 0.05) is 6.04 Å². The molecule has 0 bridgehead atoms. The first-order valence-electron chi connectivity index (χ1n) is 6.47. The van der Waals surface area contributed by atoms with Crippen molar-refractivity contribution in [3.05, 3.63) is 0 Å². The Labute approximate surface area is 99.9 Å². The van der Waals surface area contributed by atoms with Crippen molar-refractivity contribution in [1.29, 1.82) is 0 Å². The van der Waals surface area contributed by atoms with Crippen molar-refractivity contribution in [2.45, 2.75) is 63.7 Å². The summed E-state index contributed by atoms with van der Waals surface area (Å²) in [6, 6.07) is 0.492. The Morgan fingerprint density at radius 1 is 1.19 bits per heavy atom. The molecule has 0 unspecified atom stereocenters. The number of hydrogen-bond donors (Lipinski definition) is 1. The molecule has 1 N–H and O–H groups in total. The van der Waals surface area contributed by atoms with E-state index in [1.54, 1.807) is 0 Å². The van der Waals surface area contributed by atoms with Gasteiger partial charge in [-0.05, 0) is 32.2 Å². The van der Waals surface area contributed by atoms with Gasteiger partial charge in [0.2, 0.25) is 0 Å². The second-order valence-electron chi connectivity index (χ2n) is 5.09. The average Bonchev–Trinajstić information content (AvgIpc) is 2.69. The van der Waals surface area contributed by atoms with Crippen LogP contribution in [0.3, 0.4) is 0 Å². The van der Waals surface area contributed by atoms with Crippen LogP contribution >= 0.6 is 0 Å². The molecule has 0 spiro atoms. The van der Waals surface area contributed by atoms with Gasteiger partial charge < -0.3 is 5.32 Å². The standard InChI is InChI=1S/C12H25NO2S/c1-11(2)13-9-5-6-10-16(14,15)12-7-3-4-8-12/h11-13H,3-10H2,1-2H3. The maximum atomic E-state index is 11.9. The van der Waals surface area contributed by atoms with Crippen molar-refractivity contribution < 1.29 is 8.42 Å². The molecule has 3 nitrogen and oxygen atoms in total. The highest BCUT2D eigenvalue weighted by Crippen LogP contribution is 2.25. The van der Waals surface area contributed by atoms with Gasteiger partial charge in [0.05, 0.1) is 11.0 Å². The summed E-state index contributed by atoms with van der Waals surface area (Å²) in [7, 11) is -2.79. The van der Waals surface area contributed by atoms with Crippen molar-refractivity contribution in [3.8, 4) is 0 Å². The number of hydrogen-bond acceptors (Lipinski definition) is 3. The zero-order valence-corrected chi connectivity index (χ0v) is 11.4. The molecular weight excluding hydrogens is 222 g/mol. The Morgan fingerprint density at radius 2 is 1.81 bits per heavy atom. The summed E-state index contributed by atoms with van der Waals surface area (Å²) in [5.74, 6) is 0.386. The summed E-state index contributed by atoms with van der Waals surface area (Å²) in [6.07, 6.45) is 5.75. The zero-order chi connectivity index (χ0) is 12.0. The molecule has 0 aliphatic heterocycles. The van der Waals surface area contributed by atoms with Gasteiger partial charge in [0.25, 0.3) is 0 Å². The number of sulfone groups is 1. The lowest BCUT2D eigenvalue weighted by Crippen LogP contribution is -2.25. The monoisotopic (exact) mass is 247 g/mol. The molecule has 0 aromatic rings. The van der Waals surface area contributed by atoms with Crippen molar-refractivity contribution in [2.75, 3.05) is 12.3 Å². The molecule has 96 valence electrons. The fourth-order valence-electron chi connectivity index (χ4n) is 2.23. The Balaban J connectivity index is 2.16. The fraction of sp³-hybridized carbons (Fsp3) is 1.00. The maximum absolute atomic E-state index is 11.9. The number of unbranched alkanes of at least 4 members (excludes halogenated alkanes) is 1. The lowest BCUT2D eigenvalue weighted by molar-refractivity contribution is 0.555. The lowest BCUT2D eigenvalue weighted by Gasteiger charge is -2.11. The fourth-order valence-corrected chi connectivity index (χ4v) is 4.22. The molecule has 0 aromatic heterocycles. The molecule has 16 heavy (non-hydrogen) atoms. The summed E-state index contributed by atoms with van der Waals surface area (Å²) < 4.78 is 23.8. The van der Waals surface area contributed by atoms with E-state index in [2.05, 4.69) is 19.2 Å². The quantitative estimate of drug-likeness (QED) is 0.701. The third-order valence-electron chi connectivity index (χ3n) is 3.22. The van der Waals surface area contributed by atoms with Gasteiger partial charge in [-0.3, -0.25) is 0 Å². The van der Waals surface area contributed by atoms with Gasteiger partial charge in [-0.2, -0.15) is 0 Å². The highest BCUT2D eigenvalue weighted by molar-refractivity contribution is 7.92. The van der Waals surface area contributed by atoms with Crippen LogP contribution in [0.5, 0.6) is 0 Å². The van der Waals surface area contributed by atoms with E-state index in [0.717, 1.165) is 45.1 Å². The van der Waals surface area contributed by atoms with Gasteiger partial charge in [0.1, 0.15) is 0 Å². The van der Waals surface area contributed by atoms with E-state index in [0.29, 0.717) is 11.8 Å². The summed E-state index contributed by atoms with van der Waals surface area (Å²) in [5.41, 5.74) is 0. The van der Waals surface area contributed by atoms with Gasteiger partial charge in [-0.15, -0.1) is 0 Å². The minimum absolute atomic E-state index is 0.0226. The van der Waals surface area contributed by atoms with Crippen LogP contribution in [0.2, 0.25) is 0 Å². The minimum atomic E-state index is -2.79. The molecule has 0 atom stereocenters. The van der Waals surface area contributed by atoms with E-state index in [4.69, 9.17) is 0 Å². The second-order valence-corrected chi connectivity index (χ2v) is 7.49. The highest BCUT2D eigenvalue weighted by atomic mass is 32.2. The molecular formula is C12H25NO2S. The molecule has 0 saturated heterocycles. The van der Waals surface area contributed by atoms with Gasteiger partial charge in [0.15, 0.2) is 9.84 Å². The van der Waals surface area contributed by atoms with Gasteiger partial charge in [-0.1, -0.05) is 26.7 Å². The molecule has 1 fully saturated rings. The molecule has 0 aromatic carbocycles. The Kier molecular flexibility index (Phi) is 5.76. The normalized spacial score (nSPS) is 18.4. The van der Waals surface area contributed by atoms with E-state index < -0.39 is 9.84 Å².